The van der Waals surface area contributed by atoms with Gasteiger partial charge in [-0.25, -0.2) is 0 Å². The number of anilines is 2. The van der Waals surface area contributed by atoms with Gasteiger partial charge < -0.3 is 11.5 Å². The average molecular weight is 330 g/mol. The number of hydrogen-bond acceptors (Lipinski definition) is 7. The number of fused-ring (bicyclic) bond motifs is 1. The molecule has 0 unspecified atom stereocenters. The SMILES string of the molecule is Nc1c(N)c(-c2cccs2)c2nsnc2c1-c1cccs1. The molecule has 0 atom stereocenters. The number of nitrogens with two attached hydrogens (primary N) is 2. The first-order valence-corrected chi connectivity index (χ1v) is 8.67. The van der Waals surface area contributed by atoms with Crippen molar-refractivity contribution in [3.8, 4) is 20.9 Å². The van der Waals surface area contributed by atoms with Crippen molar-refractivity contribution < 1.29 is 0 Å². The van der Waals surface area contributed by atoms with Gasteiger partial charge in [-0.3, -0.25) is 0 Å². The largest absolute Gasteiger partial charge is 0.396 e. The third kappa shape index (κ3) is 1.85. The molecule has 0 spiro atoms. The number of aromatic nitrogens is 2. The molecule has 0 radical (unpaired) electrons. The summed E-state index contributed by atoms with van der Waals surface area (Å²) in [7, 11) is 0. The molecule has 0 aliphatic carbocycles. The first-order chi connectivity index (χ1) is 10.3. The van der Waals surface area contributed by atoms with Crippen LogP contribution in [0.5, 0.6) is 0 Å². The van der Waals surface area contributed by atoms with Crippen molar-refractivity contribution in [1.29, 1.82) is 0 Å². The Bertz CT molecular complexity index is 833. The molecule has 0 aliphatic rings. The third-order valence-electron chi connectivity index (χ3n) is 3.33. The van der Waals surface area contributed by atoms with E-state index < -0.39 is 0 Å². The Kier molecular flexibility index (Phi) is 2.91. The lowest BCUT2D eigenvalue weighted by Gasteiger charge is -2.12. The molecule has 21 heavy (non-hydrogen) atoms. The molecule has 1 aromatic carbocycles. The predicted octanol–water partition coefficient (Wildman–Crippen LogP) is 4.31. The van der Waals surface area contributed by atoms with Gasteiger partial charge >= 0.3 is 0 Å². The van der Waals surface area contributed by atoms with Crippen LogP contribution in [-0.4, -0.2) is 8.75 Å². The van der Waals surface area contributed by atoms with E-state index in [1.54, 1.807) is 22.7 Å². The maximum Gasteiger partial charge on any atom is 0.116 e. The molecule has 0 amide bonds. The van der Waals surface area contributed by atoms with Gasteiger partial charge in [-0.1, -0.05) is 12.1 Å². The van der Waals surface area contributed by atoms with Gasteiger partial charge in [-0.2, -0.15) is 8.75 Å². The van der Waals surface area contributed by atoms with E-state index in [1.165, 1.54) is 11.7 Å². The quantitative estimate of drug-likeness (QED) is 0.537. The average Bonchev–Trinajstić information content (AvgIpc) is 3.21. The minimum Gasteiger partial charge on any atom is -0.396 e. The third-order valence-corrected chi connectivity index (χ3v) is 5.63. The smallest absolute Gasteiger partial charge is 0.116 e. The standard InChI is InChI=1S/C14H10N4S3/c15-11-9(7-3-1-5-19-7)13-14(18-21-17-13)10(12(11)16)8-4-2-6-20-8/h1-6H,15-16H2. The second kappa shape index (κ2) is 4.80. The number of thiophene rings is 2. The van der Waals surface area contributed by atoms with E-state index in [9.17, 15) is 0 Å². The van der Waals surface area contributed by atoms with Crippen LogP contribution in [0.4, 0.5) is 11.4 Å². The Labute approximate surface area is 133 Å². The van der Waals surface area contributed by atoms with Crippen LogP contribution < -0.4 is 11.5 Å². The molecule has 0 fully saturated rings. The summed E-state index contributed by atoms with van der Waals surface area (Å²) in [5.74, 6) is 0. The van der Waals surface area contributed by atoms with Crippen LogP contribution in [-0.2, 0) is 0 Å². The summed E-state index contributed by atoms with van der Waals surface area (Å²) in [5.41, 5.74) is 17.3. The van der Waals surface area contributed by atoms with Gasteiger partial charge in [0.05, 0.1) is 23.1 Å². The van der Waals surface area contributed by atoms with Gasteiger partial charge in [-0.15, -0.1) is 22.7 Å². The molecule has 0 saturated heterocycles. The fourth-order valence-corrected chi connectivity index (χ4v) is 4.51. The molecular formula is C14H10N4S3. The highest BCUT2D eigenvalue weighted by molar-refractivity contribution is 7.14. The van der Waals surface area contributed by atoms with Gasteiger partial charge in [0.2, 0.25) is 0 Å². The topological polar surface area (TPSA) is 77.8 Å². The fourth-order valence-electron chi connectivity index (χ4n) is 2.38. The fraction of sp³-hybridized carbons (Fsp3) is 0. The molecule has 0 bridgehead atoms. The summed E-state index contributed by atoms with van der Waals surface area (Å²) < 4.78 is 8.91. The molecule has 3 aromatic heterocycles. The van der Waals surface area contributed by atoms with Gasteiger partial charge in [-0.05, 0) is 22.9 Å². The van der Waals surface area contributed by atoms with Crippen LogP contribution >= 0.6 is 34.4 Å². The lowest BCUT2D eigenvalue weighted by molar-refractivity contribution is 1.62. The second-order valence-electron chi connectivity index (χ2n) is 4.49. The van der Waals surface area contributed by atoms with Crippen molar-refractivity contribution >= 4 is 56.8 Å². The summed E-state index contributed by atoms with van der Waals surface area (Å²) in [5, 5.41) is 4.04. The van der Waals surface area contributed by atoms with E-state index in [2.05, 4.69) is 8.75 Å². The van der Waals surface area contributed by atoms with Crippen LogP contribution in [0, 0.1) is 0 Å². The van der Waals surface area contributed by atoms with Crippen molar-refractivity contribution in [3.05, 3.63) is 35.0 Å². The highest BCUT2D eigenvalue weighted by Gasteiger charge is 2.22. The number of rotatable bonds is 2. The summed E-state index contributed by atoms with van der Waals surface area (Å²) in [4.78, 5) is 2.13. The van der Waals surface area contributed by atoms with E-state index in [0.29, 0.717) is 11.4 Å². The summed E-state index contributed by atoms with van der Waals surface area (Å²) in [6, 6.07) is 8.04. The number of benzene rings is 1. The maximum absolute atomic E-state index is 6.33. The second-order valence-corrected chi connectivity index (χ2v) is 6.92. The maximum atomic E-state index is 6.33. The molecule has 4 nitrogen and oxygen atoms in total. The van der Waals surface area contributed by atoms with Crippen LogP contribution in [0.3, 0.4) is 0 Å². The van der Waals surface area contributed by atoms with Crippen molar-refractivity contribution in [2.45, 2.75) is 0 Å². The zero-order valence-corrected chi connectivity index (χ0v) is 13.2. The molecule has 4 aromatic rings. The lowest BCUT2D eigenvalue weighted by atomic mass is 10.0. The Balaban J connectivity index is 2.14. The first-order valence-electron chi connectivity index (χ1n) is 6.18. The number of nitrogen functional groups attached to an aromatic ring is 2. The zero-order chi connectivity index (χ0) is 14.4. The molecule has 0 aliphatic heterocycles. The lowest BCUT2D eigenvalue weighted by Crippen LogP contribution is -2.00. The molecule has 7 heteroatoms. The first kappa shape index (κ1) is 12.8. The zero-order valence-electron chi connectivity index (χ0n) is 10.7. The molecule has 0 saturated carbocycles. The van der Waals surface area contributed by atoms with E-state index in [4.69, 9.17) is 11.5 Å². The Morgan fingerprint density at radius 1 is 0.762 bits per heavy atom. The van der Waals surface area contributed by atoms with Crippen LogP contribution in [0.1, 0.15) is 0 Å². The summed E-state index contributed by atoms with van der Waals surface area (Å²) >= 11 is 4.44. The summed E-state index contributed by atoms with van der Waals surface area (Å²) in [6.45, 7) is 0. The predicted molar refractivity (Wildman–Crippen MR) is 92.9 cm³/mol. The van der Waals surface area contributed by atoms with Crippen LogP contribution in [0.25, 0.3) is 31.9 Å². The van der Waals surface area contributed by atoms with Gasteiger partial charge in [0.25, 0.3) is 0 Å². The van der Waals surface area contributed by atoms with E-state index >= 15 is 0 Å². The molecule has 104 valence electrons. The normalized spacial score (nSPS) is 11.2. The molecule has 3 heterocycles. The Morgan fingerprint density at radius 3 is 1.62 bits per heavy atom. The molecule has 4 N–H and O–H groups in total. The van der Waals surface area contributed by atoms with E-state index in [-0.39, 0.29) is 0 Å². The number of hydrogen-bond donors (Lipinski definition) is 2. The molecule has 4 rings (SSSR count). The summed E-state index contributed by atoms with van der Waals surface area (Å²) in [6.07, 6.45) is 0. The monoisotopic (exact) mass is 330 g/mol. The van der Waals surface area contributed by atoms with Crippen LogP contribution in [0.2, 0.25) is 0 Å². The minimum atomic E-state index is 0.584. The van der Waals surface area contributed by atoms with Crippen molar-refractivity contribution in [1.82, 2.24) is 8.75 Å². The van der Waals surface area contributed by atoms with Crippen molar-refractivity contribution in [2.75, 3.05) is 11.5 Å². The van der Waals surface area contributed by atoms with Crippen LogP contribution in [0.15, 0.2) is 35.0 Å². The Hall–Kier alpha value is -1.96. The minimum absolute atomic E-state index is 0.584. The Morgan fingerprint density at radius 2 is 1.24 bits per heavy atom. The van der Waals surface area contributed by atoms with E-state index in [0.717, 1.165) is 31.9 Å². The van der Waals surface area contributed by atoms with Gasteiger partial charge in [0.15, 0.2) is 0 Å². The highest BCUT2D eigenvalue weighted by Crippen LogP contribution is 2.46. The van der Waals surface area contributed by atoms with Gasteiger partial charge in [0.1, 0.15) is 11.0 Å². The van der Waals surface area contributed by atoms with Gasteiger partial charge in [0, 0.05) is 20.9 Å². The van der Waals surface area contributed by atoms with E-state index in [1.807, 2.05) is 35.0 Å². The molecular weight excluding hydrogens is 320 g/mol. The highest BCUT2D eigenvalue weighted by atomic mass is 32.1. The van der Waals surface area contributed by atoms with Crippen molar-refractivity contribution in [2.24, 2.45) is 0 Å². The number of nitrogens with zero attached hydrogens (tertiary/aromatic N) is 2. The van der Waals surface area contributed by atoms with Crippen molar-refractivity contribution in [3.63, 3.8) is 0 Å².